The number of carbonyl (C=O) groups excluding carboxylic acids is 2. The van der Waals surface area contributed by atoms with Gasteiger partial charge in [-0.25, -0.2) is 4.39 Å². The van der Waals surface area contributed by atoms with Crippen LogP contribution in [-0.2, 0) is 4.79 Å². The predicted molar refractivity (Wildman–Crippen MR) is 107 cm³/mol. The molecular formula is C22H22ClFN2O2. The van der Waals surface area contributed by atoms with E-state index in [1.165, 1.54) is 12.1 Å². The highest BCUT2D eigenvalue weighted by Gasteiger charge is 2.47. The molecule has 1 heterocycles. The van der Waals surface area contributed by atoms with Gasteiger partial charge in [0.15, 0.2) is 0 Å². The van der Waals surface area contributed by atoms with Gasteiger partial charge in [-0.1, -0.05) is 42.6 Å². The summed E-state index contributed by atoms with van der Waals surface area (Å²) in [6, 6.07) is 12.3. The number of hydrogen-bond acceptors (Lipinski definition) is 2. The Bertz CT molecular complexity index is 904. The standard InChI is InChI=1S/C22H22ClFN2O2/c23-16-8-5-7-15(12-16)22(28)26-19-11-4-1-6-14(19)13-20(26)21(27)25-18-10-3-2-9-17(18)24/h2-3,5,7-10,12,14,19-20H,1,4,6,11,13H2,(H,25,27). The number of rotatable bonds is 3. The number of carbonyl (C=O) groups is 2. The molecule has 2 aromatic carbocycles. The fraction of sp³-hybridized carbons (Fsp3) is 0.364. The summed E-state index contributed by atoms with van der Waals surface area (Å²) >= 11 is 6.06. The molecule has 146 valence electrons. The molecule has 4 rings (SSSR count). The van der Waals surface area contributed by atoms with E-state index in [1.54, 1.807) is 41.3 Å². The van der Waals surface area contributed by atoms with Crippen LogP contribution in [-0.4, -0.2) is 28.8 Å². The van der Waals surface area contributed by atoms with Crippen LogP contribution in [0.1, 0.15) is 42.5 Å². The summed E-state index contributed by atoms with van der Waals surface area (Å²) < 4.78 is 14.0. The molecule has 0 bridgehead atoms. The van der Waals surface area contributed by atoms with Gasteiger partial charge in [0.25, 0.3) is 5.91 Å². The second-order valence-electron chi connectivity index (χ2n) is 7.56. The van der Waals surface area contributed by atoms with Crippen molar-refractivity contribution in [1.29, 1.82) is 0 Å². The average molecular weight is 401 g/mol. The van der Waals surface area contributed by atoms with Crippen LogP contribution >= 0.6 is 11.6 Å². The molecule has 0 radical (unpaired) electrons. The smallest absolute Gasteiger partial charge is 0.254 e. The van der Waals surface area contributed by atoms with Crippen molar-refractivity contribution in [2.24, 2.45) is 5.92 Å². The second kappa shape index (κ2) is 7.92. The molecule has 2 fully saturated rings. The molecule has 1 N–H and O–H groups in total. The zero-order chi connectivity index (χ0) is 19.7. The van der Waals surface area contributed by atoms with Crippen LogP contribution in [0, 0.1) is 11.7 Å². The highest BCUT2D eigenvalue weighted by molar-refractivity contribution is 6.31. The number of amides is 2. The van der Waals surface area contributed by atoms with Gasteiger partial charge >= 0.3 is 0 Å². The van der Waals surface area contributed by atoms with Crippen molar-refractivity contribution >= 4 is 29.1 Å². The first-order valence-corrected chi connectivity index (χ1v) is 10.1. The van der Waals surface area contributed by atoms with Crippen molar-refractivity contribution in [3.63, 3.8) is 0 Å². The lowest BCUT2D eigenvalue weighted by molar-refractivity contribution is -0.120. The second-order valence-corrected chi connectivity index (χ2v) is 7.99. The number of halogens is 2. The zero-order valence-corrected chi connectivity index (χ0v) is 16.2. The van der Waals surface area contributed by atoms with Gasteiger partial charge in [-0.2, -0.15) is 0 Å². The molecule has 6 heteroatoms. The molecule has 1 saturated carbocycles. The van der Waals surface area contributed by atoms with E-state index >= 15 is 0 Å². The van der Waals surface area contributed by atoms with E-state index in [0.29, 0.717) is 22.9 Å². The van der Waals surface area contributed by atoms with Crippen molar-refractivity contribution < 1.29 is 14.0 Å². The summed E-state index contributed by atoms with van der Waals surface area (Å²) in [4.78, 5) is 28.0. The van der Waals surface area contributed by atoms with Crippen LogP contribution in [0.4, 0.5) is 10.1 Å². The molecule has 2 aromatic rings. The highest BCUT2D eigenvalue weighted by Crippen LogP contribution is 2.41. The van der Waals surface area contributed by atoms with Crippen LogP contribution in [0.2, 0.25) is 5.02 Å². The molecule has 4 nitrogen and oxygen atoms in total. The first-order chi connectivity index (χ1) is 13.5. The number of fused-ring (bicyclic) bond motifs is 1. The maximum absolute atomic E-state index is 14.0. The Morgan fingerprint density at radius 3 is 2.64 bits per heavy atom. The Hall–Kier alpha value is -2.40. The lowest BCUT2D eigenvalue weighted by Gasteiger charge is -2.33. The van der Waals surface area contributed by atoms with E-state index in [0.717, 1.165) is 25.7 Å². The number of nitrogens with zero attached hydrogens (tertiary/aromatic N) is 1. The molecule has 2 amide bonds. The van der Waals surface area contributed by atoms with E-state index in [-0.39, 0.29) is 23.5 Å². The van der Waals surface area contributed by atoms with Gasteiger partial charge < -0.3 is 10.2 Å². The van der Waals surface area contributed by atoms with Crippen LogP contribution in [0.5, 0.6) is 0 Å². The van der Waals surface area contributed by atoms with Crippen LogP contribution in [0.3, 0.4) is 0 Å². The van der Waals surface area contributed by atoms with E-state index in [9.17, 15) is 14.0 Å². The molecule has 3 unspecified atom stereocenters. The summed E-state index contributed by atoms with van der Waals surface area (Å²) in [6.07, 6.45) is 4.66. The molecule has 0 aromatic heterocycles. The molecular weight excluding hydrogens is 379 g/mol. The van der Waals surface area contributed by atoms with Gasteiger partial charge in [-0.05, 0) is 55.5 Å². The minimum Gasteiger partial charge on any atom is -0.323 e. The van der Waals surface area contributed by atoms with Gasteiger partial charge in [0, 0.05) is 16.6 Å². The van der Waals surface area contributed by atoms with Gasteiger partial charge in [-0.3, -0.25) is 9.59 Å². The Morgan fingerprint density at radius 2 is 1.86 bits per heavy atom. The maximum Gasteiger partial charge on any atom is 0.254 e. The number of nitrogens with one attached hydrogen (secondary N) is 1. The van der Waals surface area contributed by atoms with Crippen molar-refractivity contribution in [2.45, 2.75) is 44.2 Å². The summed E-state index contributed by atoms with van der Waals surface area (Å²) in [5.74, 6) is -0.715. The number of anilines is 1. The van der Waals surface area contributed by atoms with Gasteiger partial charge in [0.1, 0.15) is 11.9 Å². The third-order valence-electron chi connectivity index (χ3n) is 5.83. The summed E-state index contributed by atoms with van der Waals surface area (Å²) in [5, 5.41) is 3.16. The fourth-order valence-electron chi connectivity index (χ4n) is 4.54. The number of hydrogen-bond donors (Lipinski definition) is 1. The molecule has 3 atom stereocenters. The first kappa shape index (κ1) is 18.9. The number of para-hydroxylation sites is 1. The average Bonchev–Trinajstić information content (AvgIpc) is 3.09. The number of benzene rings is 2. The van der Waals surface area contributed by atoms with E-state index in [1.807, 2.05) is 0 Å². The largest absolute Gasteiger partial charge is 0.323 e. The third kappa shape index (κ3) is 3.63. The Kier molecular flexibility index (Phi) is 5.36. The lowest BCUT2D eigenvalue weighted by atomic mass is 9.84. The SMILES string of the molecule is O=C(Nc1ccccc1F)C1CC2CCCCC2N1C(=O)c1cccc(Cl)c1. The predicted octanol–water partition coefficient (Wildman–Crippen LogP) is 4.89. The third-order valence-corrected chi connectivity index (χ3v) is 6.06. The minimum absolute atomic E-state index is 0.0385. The molecule has 28 heavy (non-hydrogen) atoms. The van der Waals surface area contributed by atoms with Crippen molar-refractivity contribution in [2.75, 3.05) is 5.32 Å². The lowest BCUT2D eigenvalue weighted by Crippen LogP contribution is -2.47. The quantitative estimate of drug-likeness (QED) is 0.797. The van der Waals surface area contributed by atoms with Gasteiger partial charge in [0.2, 0.25) is 5.91 Å². The maximum atomic E-state index is 14.0. The monoisotopic (exact) mass is 400 g/mol. The van der Waals surface area contributed by atoms with E-state index < -0.39 is 11.9 Å². The van der Waals surface area contributed by atoms with Gasteiger partial charge in [-0.15, -0.1) is 0 Å². The normalized spacial score (nSPS) is 23.9. The van der Waals surface area contributed by atoms with Crippen molar-refractivity contribution in [1.82, 2.24) is 4.90 Å². The molecule has 2 aliphatic rings. The fourth-order valence-corrected chi connectivity index (χ4v) is 4.73. The molecule has 1 aliphatic heterocycles. The van der Waals surface area contributed by atoms with E-state index in [2.05, 4.69) is 5.32 Å². The summed E-state index contributed by atoms with van der Waals surface area (Å²) in [7, 11) is 0. The topological polar surface area (TPSA) is 49.4 Å². The Morgan fingerprint density at radius 1 is 1.07 bits per heavy atom. The van der Waals surface area contributed by atoms with Crippen LogP contribution in [0.25, 0.3) is 0 Å². The molecule has 0 spiro atoms. The zero-order valence-electron chi connectivity index (χ0n) is 15.4. The van der Waals surface area contributed by atoms with E-state index in [4.69, 9.17) is 11.6 Å². The molecule has 1 saturated heterocycles. The Labute approximate surface area is 168 Å². The van der Waals surface area contributed by atoms with Crippen LogP contribution in [0.15, 0.2) is 48.5 Å². The minimum atomic E-state index is -0.612. The highest BCUT2D eigenvalue weighted by atomic mass is 35.5. The van der Waals surface area contributed by atoms with Crippen molar-refractivity contribution in [3.05, 3.63) is 64.9 Å². The van der Waals surface area contributed by atoms with Crippen molar-refractivity contribution in [3.8, 4) is 0 Å². The summed E-state index contributed by atoms with van der Waals surface area (Å²) in [5.41, 5.74) is 0.611. The van der Waals surface area contributed by atoms with Crippen LogP contribution < -0.4 is 5.32 Å². The van der Waals surface area contributed by atoms with Gasteiger partial charge in [0.05, 0.1) is 5.69 Å². The Balaban J connectivity index is 1.63. The molecule has 1 aliphatic carbocycles. The first-order valence-electron chi connectivity index (χ1n) is 9.68. The summed E-state index contributed by atoms with van der Waals surface area (Å²) in [6.45, 7) is 0. The number of likely N-dealkylation sites (tertiary alicyclic amines) is 1.